The van der Waals surface area contributed by atoms with Gasteiger partial charge in [0, 0.05) is 5.57 Å². The van der Waals surface area contributed by atoms with Crippen LogP contribution in [0.15, 0.2) is 29.9 Å². The van der Waals surface area contributed by atoms with Gasteiger partial charge in [0.25, 0.3) is 0 Å². The van der Waals surface area contributed by atoms with Crippen molar-refractivity contribution in [2.75, 3.05) is 21.3 Å². The molecule has 1 aromatic carbocycles. The van der Waals surface area contributed by atoms with E-state index in [0.29, 0.717) is 22.8 Å². The molecule has 0 N–H and O–H groups in total. The summed E-state index contributed by atoms with van der Waals surface area (Å²) in [5, 5.41) is 0. The van der Waals surface area contributed by atoms with Crippen LogP contribution in [-0.4, -0.2) is 27.1 Å². The minimum atomic E-state index is 0.0405. The van der Waals surface area contributed by atoms with Crippen molar-refractivity contribution in [1.29, 1.82) is 0 Å². The van der Waals surface area contributed by atoms with Crippen LogP contribution in [0, 0.1) is 0 Å². The molecule has 106 valence electrons. The van der Waals surface area contributed by atoms with Gasteiger partial charge in [-0.05, 0) is 42.2 Å². The number of methoxy groups -OCH3 is 3. The highest BCUT2D eigenvalue weighted by Gasteiger charge is 2.21. The van der Waals surface area contributed by atoms with Crippen LogP contribution in [0.5, 0.6) is 17.2 Å². The number of ether oxygens (including phenoxy) is 3. The first-order valence-corrected chi connectivity index (χ1v) is 6.33. The van der Waals surface area contributed by atoms with Crippen LogP contribution < -0.4 is 14.2 Å². The maximum atomic E-state index is 11.9. The fourth-order valence-electron chi connectivity index (χ4n) is 2.26. The van der Waals surface area contributed by atoms with Crippen LogP contribution in [0.2, 0.25) is 0 Å². The summed E-state index contributed by atoms with van der Waals surface area (Å²) in [6, 6.07) is 3.64. The van der Waals surface area contributed by atoms with E-state index in [1.165, 1.54) is 0 Å². The van der Waals surface area contributed by atoms with Crippen molar-refractivity contribution >= 4 is 11.9 Å². The Bertz CT molecular complexity index is 559. The highest BCUT2D eigenvalue weighted by atomic mass is 16.5. The first-order chi connectivity index (χ1) is 9.60. The summed E-state index contributed by atoms with van der Waals surface area (Å²) in [4.78, 5) is 11.9. The summed E-state index contributed by atoms with van der Waals surface area (Å²) in [6.45, 7) is 3.76. The number of hydrogen-bond acceptors (Lipinski definition) is 4. The molecule has 1 aliphatic carbocycles. The molecule has 0 amide bonds. The van der Waals surface area contributed by atoms with Crippen molar-refractivity contribution in [2.24, 2.45) is 0 Å². The minimum Gasteiger partial charge on any atom is -0.493 e. The topological polar surface area (TPSA) is 44.8 Å². The van der Waals surface area contributed by atoms with E-state index in [4.69, 9.17) is 14.2 Å². The van der Waals surface area contributed by atoms with Gasteiger partial charge in [0.15, 0.2) is 17.3 Å². The number of allylic oxidation sites excluding steroid dienone is 2. The number of rotatable bonds is 4. The molecule has 0 saturated heterocycles. The Morgan fingerprint density at radius 3 is 2.05 bits per heavy atom. The quantitative estimate of drug-likeness (QED) is 0.792. The van der Waals surface area contributed by atoms with Gasteiger partial charge in [-0.25, -0.2) is 0 Å². The van der Waals surface area contributed by atoms with Gasteiger partial charge >= 0.3 is 0 Å². The molecule has 0 radical (unpaired) electrons. The number of hydrogen-bond donors (Lipinski definition) is 0. The molecule has 4 heteroatoms. The smallest absolute Gasteiger partial charge is 0.203 e. The number of benzene rings is 1. The number of ketones is 1. The largest absolute Gasteiger partial charge is 0.493 e. The Morgan fingerprint density at radius 1 is 1.05 bits per heavy atom. The summed E-state index contributed by atoms with van der Waals surface area (Å²) < 4.78 is 15.9. The Kier molecular flexibility index (Phi) is 4.13. The second-order valence-electron chi connectivity index (χ2n) is 4.56. The standard InChI is InChI=1S/C16H18O4/c1-10-5-6-12(15(10)17)7-11-8-13(18-2)16(20-4)14(9-11)19-3/h7-9H,1,5-6H2,2-4H3/b12-7+. The third-order valence-corrected chi connectivity index (χ3v) is 3.34. The fraction of sp³-hybridized carbons (Fsp3) is 0.312. The van der Waals surface area contributed by atoms with Gasteiger partial charge in [-0.3, -0.25) is 4.79 Å². The molecular formula is C16H18O4. The molecule has 0 bridgehead atoms. The van der Waals surface area contributed by atoms with Crippen LogP contribution >= 0.6 is 0 Å². The van der Waals surface area contributed by atoms with Gasteiger partial charge < -0.3 is 14.2 Å². The Labute approximate surface area is 118 Å². The second-order valence-corrected chi connectivity index (χ2v) is 4.56. The van der Waals surface area contributed by atoms with E-state index in [2.05, 4.69) is 6.58 Å². The molecule has 2 rings (SSSR count). The monoisotopic (exact) mass is 274 g/mol. The van der Waals surface area contributed by atoms with E-state index in [1.54, 1.807) is 21.3 Å². The molecule has 0 unspecified atom stereocenters. The van der Waals surface area contributed by atoms with E-state index < -0.39 is 0 Å². The maximum Gasteiger partial charge on any atom is 0.203 e. The highest BCUT2D eigenvalue weighted by molar-refractivity contribution is 6.12. The second kappa shape index (κ2) is 5.82. The van der Waals surface area contributed by atoms with Crippen LogP contribution in [0.3, 0.4) is 0 Å². The molecule has 4 nitrogen and oxygen atoms in total. The molecule has 0 heterocycles. The highest BCUT2D eigenvalue weighted by Crippen LogP contribution is 2.39. The van der Waals surface area contributed by atoms with Crippen molar-refractivity contribution in [2.45, 2.75) is 12.8 Å². The number of Topliss-reactive ketones (excluding diaryl/α,β-unsaturated/α-hetero) is 1. The summed E-state index contributed by atoms with van der Waals surface area (Å²) in [6.07, 6.45) is 3.31. The lowest BCUT2D eigenvalue weighted by atomic mass is 10.1. The van der Waals surface area contributed by atoms with Crippen molar-refractivity contribution < 1.29 is 19.0 Å². The van der Waals surface area contributed by atoms with Gasteiger partial charge in [-0.15, -0.1) is 0 Å². The molecule has 0 spiro atoms. The van der Waals surface area contributed by atoms with Gasteiger partial charge in [-0.1, -0.05) is 6.58 Å². The lowest BCUT2D eigenvalue weighted by Crippen LogP contribution is -1.97. The van der Waals surface area contributed by atoms with E-state index in [1.807, 2.05) is 18.2 Å². The minimum absolute atomic E-state index is 0.0405. The third kappa shape index (κ3) is 2.54. The zero-order valence-corrected chi connectivity index (χ0v) is 12.0. The molecule has 0 aromatic heterocycles. The van der Waals surface area contributed by atoms with E-state index in [0.717, 1.165) is 24.0 Å². The summed E-state index contributed by atoms with van der Waals surface area (Å²) in [7, 11) is 4.69. The molecule has 1 saturated carbocycles. The Hall–Kier alpha value is -2.23. The van der Waals surface area contributed by atoms with Crippen molar-refractivity contribution in [1.82, 2.24) is 0 Å². The predicted octanol–water partition coefficient (Wildman–Crippen LogP) is 3.01. The third-order valence-electron chi connectivity index (χ3n) is 3.34. The zero-order chi connectivity index (χ0) is 14.7. The Morgan fingerprint density at radius 2 is 1.65 bits per heavy atom. The summed E-state index contributed by atoms with van der Waals surface area (Å²) in [5.41, 5.74) is 2.28. The van der Waals surface area contributed by atoms with Crippen molar-refractivity contribution in [3.05, 3.63) is 35.4 Å². The average Bonchev–Trinajstić information content (AvgIpc) is 2.78. The van der Waals surface area contributed by atoms with E-state index in [-0.39, 0.29) is 5.78 Å². The summed E-state index contributed by atoms with van der Waals surface area (Å²) >= 11 is 0. The van der Waals surface area contributed by atoms with E-state index in [9.17, 15) is 4.79 Å². The molecule has 1 aromatic rings. The average molecular weight is 274 g/mol. The van der Waals surface area contributed by atoms with E-state index >= 15 is 0 Å². The predicted molar refractivity (Wildman–Crippen MR) is 77.5 cm³/mol. The lowest BCUT2D eigenvalue weighted by molar-refractivity contribution is -0.111. The number of carbonyl (C=O) groups is 1. The maximum absolute atomic E-state index is 11.9. The van der Waals surface area contributed by atoms with Gasteiger partial charge in [0.1, 0.15) is 0 Å². The van der Waals surface area contributed by atoms with Gasteiger partial charge in [0.05, 0.1) is 21.3 Å². The molecule has 1 fully saturated rings. The number of carbonyl (C=O) groups excluding carboxylic acids is 1. The van der Waals surface area contributed by atoms with Crippen molar-refractivity contribution in [3.8, 4) is 17.2 Å². The van der Waals surface area contributed by atoms with Crippen LogP contribution in [-0.2, 0) is 4.79 Å². The lowest BCUT2D eigenvalue weighted by Gasteiger charge is -2.13. The molecule has 0 aliphatic heterocycles. The molecular weight excluding hydrogens is 256 g/mol. The van der Waals surface area contributed by atoms with Crippen LogP contribution in [0.4, 0.5) is 0 Å². The van der Waals surface area contributed by atoms with Crippen LogP contribution in [0.25, 0.3) is 6.08 Å². The first-order valence-electron chi connectivity index (χ1n) is 6.33. The SMILES string of the molecule is C=C1CC/C(=C\c2cc(OC)c(OC)c(OC)c2)C1=O. The fourth-order valence-corrected chi connectivity index (χ4v) is 2.26. The molecule has 20 heavy (non-hydrogen) atoms. The Balaban J connectivity index is 2.45. The van der Waals surface area contributed by atoms with Gasteiger partial charge in [0.2, 0.25) is 5.75 Å². The zero-order valence-electron chi connectivity index (χ0n) is 12.0. The summed E-state index contributed by atoms with van der Waals surface area (Å²) in [5.74, 6) is 1.73. The van der Waals surface area contributed by atoms with Gasteiger partial charge in [-0.2, -0.15) is 0 Å². The van der Waals surface area contributed by atoms with Crippen molar-refractivity contribution in [3.63, 3.8) is 0 Å². The van der Waals surface area contributed by atoms with Crippen LogP contribution in [0.1, 0.15) is 18.4 Å². The molecule has 0 atom stereocenters. The first kappa shape index (κ1) is 14.2. The normalized spacial score (nSPS) is 16.6. The molecule has 1 aliphatic rings.